The number of nitrogens with zero attached hydrogens (tertiary/aromatic N) is 1. The number of rotatable bonds is 8. The van der Waals surface area contributed by atoms with Gasteiger partial charge in [0.15, 0.2) is 11.5 Å². The van der Waals surface area contributed by atoms with Crippen LogP contribution in [0.5, 0.6) is 11.5 Å². The molecule has 8 heteroatoms. The summed E-state index contributed by atoms with van der Waals surface area (Å²) in [5.74, 6) is 0.397. The molecule has 1 amide bonds. The summed E-state index contributed by atoms with van der Waals surface area (Å²) in [6, 6.07) is 11.1. The second-order valence-corrected chi connectivity index (χ2v) is 7.55. The molecular weight excluding hydrogens is 368 g/mol. The van der Waals surface area contributed by atoms with Crippen LogP contribution in [-0.4, -0.2) is 45.9 Å². The summed E-state index contributed by atoms with van der Waals surface area (Å²) in [6.45, 7) is 4.37. The fraction of sp³-hybridized carbons (Fsp3) is 0.316. The molecule has 0 heterocycles. The molecule has 0 spiro atoms. The standard InChI is InChI=1S/C19H24N2O5S/c1-5-21(6-2)27(23,24)15-12-10-14(11-13-15)20-19(22)16-8-7-9-17(25-3)18(16)26-4/h7-13H,5-6H2,1-4H3,(H,20,22). The largest absolute Gasteiger partial charge is 0.493 e. The Balaban J connectivity index is 2.24. The van der Waals surface area contributed by atoms with Crippen molar-refractivity contribution >= 4 is 21.6 Å². The molecule has 2 aromatic rings. The molecule has 0 radical (unpaired) electrons. The third kappa shape index (κ3) is 4.40. The van der Waals surface area contributed by atoms with Crippen molar-refractivity contribution in [2.45, 2.75) is 18.7 Å². The van der Waals surface area contributed by atoms with Crippen LogP contribution < -0.4 is 14.8 Å². The maximum Gasteiger partial charge on any atom is 0.259 e. The number of benzene rings is 2. The first-order valence-electron chi connectivity index (χ1n) is 8.51. The van der Waals surface area contributed by atoms with Gasteiger partial charge in [-0.25, -0.2) is 8.42 Å². The average molecular weight is 392 g/mol. The highest BCUT2D eigenvalue weighted by Gasteiger charge is 2.21. The van der Waals surface area contributed by atoms with Gasteiger partial charge in [-0.3, -0.25) is 4.79 Å². The lowest BCUT2D eigenvalue weighted by molar-refractivity contribution is 0.102. The van der Waals surface area contributed by atoms with E-state index in [0.29, 0.717) is 35.8 Å². The summed E-state index contributed by atoms with van der Waals surface area (Å²) in [4.78, 5) is 12.8. The van der Waals surface area contributed by atoms with Crippen molar-refractivity contribution in [1.29, 1.82) is 0 Å². The molecule has 0 fully saturated rings. The van der Waals surface area contributed by atoms with Crippen molar-refractivity contribution in [2.24, 2.45) is 0 Å². The highest BCUT2D eigenvalue weighted by atomic mass is 32.2. The van der Waals surface area contributed by atoms with E-state index in [1.54, 1.807) is 44.2 Å². The van der Waals surface area contributed by atoms with Crippen LogP contribution in [0.1, 0.15) is 24.2 Å². The molecule has 0 unspecified atom stereocenters. The molecule has 27 heavy (non-hydrogen) atoms. The van der Waals surface area contributed by atoms with Gasteiger partial charge < -0.3 is 14.8 Å². The van der Waals surface area contributed by atoms with Crippen LogP contribution in [0.15, 0.2) is 47.4 Å². The molecule has 7 nitrogen and oxygen atoms in total. The first-order valence-corrected chi connectivity index (χ1v) is 9.95. The summed E-state index contributed by atoms with van der Waals surface area (Å²) in [7, 11) is -0.580. The number of ether oxygens (including phenoxy) is 2. The first kappa shape index (κ1) is 20.7. The predicted molar refractivity (Wildman–Crippen MR) is 104 cm³/mol. The second kappa shape index (κ2) is 8.88. The molecule has 0 bridgehead atoms. The Hall–Kier alpha value is -2.58. The van der Waals surface area contributed by atoms with Crippen LogP contribution in [-0.2, 0) is 10.0 Å². The zero-order valence-electron chi connectivity index (χ0n) is 15.9. The fourth-order valence-electron chi connectivity index (χ4n) is 2.69. The number of methoxy groups -OCH3 is 2. The first-order chi connectivity index (χ1) is 12.9. The van der Waals surface area contributed by atoms with E-state index < -0.39 is 10.0 Å². The van der Waals surface area contributed by atoms with E-state index in [0.717, 1.165) is 0 Å². The van der Waals surface area contributed by atoms with Crippen LogP contribution in [0.25, 0.3) is 0 Å². The molecule has 0 aromatic heterocycles. The minimum absolute atomic E-state index is 0.183. The van der Waals surface area contributed by atoms with Crippen molar-refractivity contribution in [3.63, 3.8) is 0 Å². The monoisotopic (exact) mass is 392 g/mol. The molecule has 2 rings (SSSR count). The van der Waals surface area contributed by atoms with Gasteiger partial charge in [0.25, 0.3) is 5.91 Å². The molecule has 0 aliphatic heterocycles. The Morgan fingerprint density at radius 3 is 2.15 bits per heavy atom. The predicted octanol–water partition coefficient (Wildman–Crippen LogP) is 2.99. The molecule has 0 aliphatic carbocycles. The van der Waals surface area contributed by atoms with E-state index in [2.05, 4.69) is 5.32 Å². The lowest BCUT2D eigenvalue weighted by Gasteiger charge is -2.18. The molecule has 0 saturated carbocycles. The van der Waals surface area contributed by atoms with Gasteiger partial charge in [0.2, 0.25) is 10.0 Å². The van der Waals surface area contributed by atoms with Crippen LogP contribution in [0.3, 0.4) is 0 Å². The topological polar surface area (TPSA) is 84.9 Å². The van der Waals surface area contributed by atoms with Gasteiger partial charge in [0, 0.05) is 18.8 Å². The second-order valence-electron chi connectivity index (χ2n) is 5.61. The van der Waals surface area contributed by atoms with E-state index in [-0.39, 0.29) is 10.8 Å². The Morgan fingerprint density at radius 2 is 1.63 bits per heavy atom. The summed E-state index contributed by atoms with van der Waals surface area (Å²) in [5.41, 5.74) is 0.792. The van der Waals surface area contributed by atoms with E-state index in [1.807, 2.05) is 0 Å². The highest BCUT2D eigenvalue weighted by molar-refractivity contribution is 7.89. The Labute approximate surface area is 160 Å². The van der Waals surface area contributed by atoms with Crippen LogP contribution in [0.2, 0.25) is 0 Å². The molecule has 0 saturated heterocycles. The molecule has 2 aromatic carbocycles. The summed E-state index contributed by atoms with van der Waals surface area (Å²) in [5, 5.41) is 2.74. The van der Waals surface area contributed by atoms with Gasteiger partial charge in [-0.1, -0.05) is 19.9 Å². The third-order valence-corrected chi connectivity index (χ3v) is 6.17. The minimum Gasteiger partial charge on any atom is -0.493 e. The van der Waals surface area contributed by atoms with Gasteiger partial charge in [0.05, 0.1) is 24.7 Å². The van der Waals surface area contributed by atoms with E-state index >= 15 is 0 Å². The Kier molecular flexibility index (Phi) is 6.81. The number of anilines is 1. The zero-order chi connectivity index (χ0) is 20.0. The minimum atomic E-state index is -3.53. The average Bonchev–Trinajstić information content (AvgIpc) is 2.68. The number of sulfonamides is 1. The molecular formula is C19H24N2O5S. The maximum atomic E-state index is 12.6. The molecule has 0 aliphatic rings. The van der Waals surface area contributed by atoms with Crippen LogP contribution >= 0.6 is 0 Å². The van der Waals surface area contributed by atoms with Crippen LogP contribution in [0, 0.1) is 0 Å². The number of para-hydroxylation sites is 1. The summed E-state index contributed by atoms with van der Waals surface area (Å²) < 4.78 is 36.9. The number of amides is 1. The summed E-state index contributed by atoms with van der Waals surface area (Å²) >= 11 is 0. The van der Waals surface area contributed by atoms with Gasteiger partial charge in [-0.2, -0.15) is 4.31 Å². The van der Waals surface area contributed by atoms with Gasteiger partial charge >= 0.3 is 0 Å². The lowest BCUT2D eigenvalue weighted by Crippen LogP contribution is -2.30. The van der Waals surface area contributed by atoms with Crippen molar-refractivity contribution in [1.82, 2.24) is 4.31 Å². The SMILES string of the molecule is CCN(CC)S(=O)(=O)c1ccc(NC(=O)c2cccc(OC)c2OC)cc1. The number of carbonyl (C=O) groups excluding carboxylic acids is 1. The van der Waals surface area contributed by atoms with Gasteiger partial charge in [-0.15, -0.1) is 0 Å². The molecule has 146 valence electrons. The maximum absolute atomic E-state index is 12.6. The molecule has 1 N–H and O–H groups in total. The van der Waals surface area contributed by atoms with E-state index in [4.69, 9.17) is 9.47 Å². The van der Waals surface area contributed by atoms with Gasteiger partial charge in [0.1, 0.15) is 0 Å². The molecule has 0 atom stereocenters. The normalized spacial score (nSPS) is 11.3. The lowest BCUT2D eigenvalue weighted by atomic mass is 10.1. The van der Waals surface area contributed by atoms with Crippen molar-refractivity contribution < 1.29 is 22.7 Å². The fourth-order valence-corrected chi connectivity index (χ4v) is 4.15. The number of nitrogens with one attached hydrogen (secondary N) is 1. The van der Waals surface area contributed by atoms with Crippen molar-refractivity contribution in [2.75, 3.05) is 32.6 Å². The van der Waals surface area contributed by atoms with E-state index in [9.17, 15) is 13.2 Å². The van der Waals surface area contributed by atoms with E-state index in [1.165, 1.54) is 30.7 Å². The quantitative estimate of drug-likeness (QED) is 0.746. The Morgan fingerprint density at radius 1 is 1.00 bits per heavy atom. The summed E-state index contributed by atoms with van der Waals surface area (Å²) in [6.07, 6.45) is 0. The number of carbonyl (C=O) groups is 1. The highest BCUT2D eigenvalue weighted by Crippen LogP contribution is 2.31. The van der Waals surface area contributed by atoms with Crippen LogP contribution in [0.4, 0.5) is 5.69 Å². The smallest absolute Gasteiger partial charge is 0.259 e. The zero-order valence-corrected chi connectivity index (χ0v) is 16.7. The number of hydrogen-bond donors (Lipinski definition) is 1. The Bertz CT molecular complexity index is 891. The third-order valence-electron chi connectivity index (χ3n) is 4.10. The van der Waals surface area contributed by atoms with Crippen molar-refractivity contribution in [3.05, 3.63) is 48.0 Å². The van der Waals surface area contributed by atoms with Gasteiger partial charge in [-0.05, 0) is 36.4 Å². The van der Waals surface area contributed by atoms with Crippen molar-refractivity contribution in [3.8, 4) is 11.5 Å². The number of hydrogen-bond acceptors (Lipinski definition) is 5.